The zero-order chi connectivity index (χ0) is 25.2. The Bertz CT molecular complexity index is 1130. The molecule has 0 bridgehead atoms. The molecule has 0 saturated heterocycles. The van der Waals surface area contributed by atoms with Gasteiger partial charge >= 0.3 is 0 Å². The minimum atomic E-state index is -0.235. The Morgan fingerprint density at radius 2 is 1.77 bits per heavy atom. The van der Waals surface area contributed by atoms with Crippen LogP contribution in [-0.4, -0.2) is 38.9 Å². The molecule has 1 heterocycles. The number of benzene rings is 2. The molecule has 35 heavy (non-hydrogen) atoms. The van der Waals surface area contributed by atoms with E-state index < -0.39 is 0 Å². The molecule has 1 aromatic heterocycles. The van der Waals surface area contributed by atoms with E-state index in [4.69, 9.17) is 4.74 Å². The van der Waals surface area contributed by atoms with Gasteiger partial charge in [-0.2, -0.15) is 0 Å². The molecule has 8 nitrogen and oxygen atoms in total. The number of carbonyl (C=O) groups is 2. The Labute approximate surface area is 210 Å². The lowest BCUT2D eigenvalue weighted by molar-refractivity contribution is -0.123. The standard InChI is InChI=1S/C26H33N5O3S/c1-5-31-23(15-28-24(32)16-34-22-13-19(4)11-12-21(22)18(2)3)29-30-26(31)35-17-25(33)27-14-20-9-7-6-8-10-20/h6-13,18H,5,14-17H2,1-4H3,(H,27,33)(H,28,32). The molecular formula is C26H33N5O3S. The van der Waals surface area contributed by atoms with Crippen LogP contribution in [0.1, 0.15) is 49.2 Å². The van der Waals surface area contributed by atoms with Gasteiger partial charge in [-0.05, 0) is 42.5 Å². The van der Waals surface area contributed by atoms with E-state index in [1.807, 2.05) is 66.9 Å². The second kappa shape index (κ2) is 12.9. The van der Waals surface area contributed by atoms with Gasteiger partial charge < -0.3 is 19.9 Å². The van der Waals surface area contributed by atoms with Gasteiger partial charge in [-0.3, -0.25) is 9.59 Å². The number of aromatic nitrogens is 3. The molecule has 0 aliphatic rings. The number of hydrogen-bond acceptors (Lipinski definition) is 6. The number of carbonyl (C=O) groups excluding carboxylic acids is 2. The zero-order valence-corrected chi connectivity index (χ0v) is 21.5. The second-order valence-corrected chi connectivity index (χ2v) is 9.40. The van der Waals surface area contributed by atoms with Crippen molar-refractivity contribution in [3.8, 4) is 5.75 Å². The first-order chi connectivity index (χ1) is 16.9. The summed E-state index contributed by atoms with van der Waals surface area (Å²) in [5.74, 6) is 1.59. The van der Waals surface area contributed by atoms with Crippen molar-refractivity contribution in [2.75, 3.05) is 12.4 Å². The number of rotatable bonds is 12. The molecule has 0 unspecified atom stereocenters. The zero-order valence-electron chi connectivity index (χ0n) is 20.7. The SMILES string of the molecule is CCn1c(CNC(=O)COc2cc(C)ccc2C(C)C)nnc1SCC(=O)NCc1ccccc1. The van der Waals surface area contributed by atoms with Gasteiger partial charge in [0.15, 0.2) is 17.6 Å². The van der Waals surface area contributed by atoms with Crippen molar-refractivity contribution in [2.45, 2.75) is 58.4 Å². The highest BCUT2D eigenvalue weighted by atomic mass is 32.2. The maximum Gasteiger partial charge on any atom is 0.258 e. The lowest BCUT2D eigenvalue weighted by atomic mass is 10.0. The number of hydrogen-bond donors (Lipinski definition) is 2. The molecule has 3 aromatic rings. The molecule has 0 radical (unpaired) electrons. The van der Waals surface area contributed by atoms with Crippen LogP contribution in [-0.2, 0) is 29.2 Å². The first kappa shape index (κ1) is 26.3. The summed E-state index contributed by atoms with van der Waals surface area (Å²) < 4.78 is 7.70. The van der Waals surface area contributed by atoms with Crippen LogP contribution < -0.4 is 15.4 Å². The Morgan fingerprint density at radius 3 is 2.49 bits per heavy atom. The van der Waals surface area contributed by atoms with Gasteiger partial charge in [-0.25, -0.2) is 0 Å². The van der Waals surface area contributed by atoms with Crippen LogP contribution in [0.2, 0.25) is 0 Å². The first-order valence-corrected chi connectivity index (χ1v) is 12.7. The number of nitrogens with zero attached hydrogens (tertiary/aromatic N) is 3. The first-order valence-electron chi connectivity index (χ1n) is 11.7. The van der Waals surface area contributed by atoms with Gasteiger partial charge in [0.1, 0.15) is 5.75 Å². The summed E-state index contributed by atoms with van der Waals surface area (Å²) in [5.41, 5.74) is 3.20. The third-order valence-corrected chi connectivity index (χ3v) is 6.33. The molecule has 0 spiro atoms. The van der Waals surface area contributed by atoms with E-state index >= 15 is 0 Å². The summed E-state index contributed by atoms with van der Waals surface area (Å²) in [7, 11) is 0. The lowest BCUT2D eigenvalue weighted by Crippen LogP contribution is -2.29. The largest absolute Gasteiger partial charge is 0.483 e. The normalized spacial score (nSPS) is 10.9. The molecule has 9 heteroatoms. The molecule has 3 rings (SSSR count). The number of amides is 2. The fourth-order valence-electron chi connectivity index (χ4n) is 3.47. The minimum absolute atomic E-state index is 0.0755. The van der Waals surface area contributed by atoms with Gasteiger partial charge in [0.2, 0.25) is 5.91 Å². The molecular weight excluding hydrogens is 462 g/mol. The molecule has 2 aromatic carbocycles. The number of nitrogens with one attached hydrogen (secondary N) is 2. The summed E-state index contributed by atoms with van der Waals surface area (Å²) >= 11 is 1.32. The van der Waals surface area contributed by atoms with Gasteiger partial charge in [0, 0.05) is 13.1 Å². The van der Waals surface area contributed by atoms with Crippen LogP contribution in [0.25, 0.3) is 0 Å². The quantitative estimate of drug-likeness (QED) is 0.371. The molecule has 186 valence electrons. The highest BCUT2D eigenvalue weighted by molar-refractivity contribution is 7.99. The molecule has 2 amide bonds. The van der Waals surface area contributed by atoms with Crippen molar-refractivity contribution >= 4 is 23.6 Å². The number of thioether (sulfide) groups is 1. The van der Waals surface area contributed by atoms with E-state index in [-0.39, 0.29) is 30.7 Å². The summed E-state index contributed by atoms with van der Waals surface area (Å²) in [6.07, 6.45) is 0. The van der Waals surface area contributed by atoms with Crippen molar-refractivity contribution in [1.29, 1.82) is 0 Å². The maximum atomic E-state index is 12.4. The fourth-order valence-corrected chi connectivity index (χ4v) is 4.32. The molecule has 0 fully saturated rings. The van der Waals surface area contributed by atoms with Crippen LogP contribution in [0.3, 0.4) is 0 Å². The van der Waals surface area contributed by atoms with E-state index in [1.165, 1.54) is 11.8 Å². The monoisotopic (exact) mass is 495 g/mol. The molecule has 0 atom stereocenters. The van der Waals surface area contributed by atoms with Crippen molar-refractivity contribution in [3.63, 3.8) is 0 Å². The highest BCUT2D eigenvalue weighted by Gasteiger charge is 2.15. The predicted molar refractivity (Wildman–Crippen MR) is 137 cm³/mol. The smallest absolute Gasteiger partial charge is 0.258 e. The van der Waals surface area contributed by atoms with Gasteiger partial charge in [-0.1, -0.05) is 68.1 Å². The van der Waals surface area contributed by atoms with E-state index in [1.54, 1.807) is 0 Å². The average Bonchev–Trinajstić information content (AvgIpc) is 3.25. The van der Waals surface area contributed by atoms with Crippen LogP contribution in [0.5, 0.6) is 5.75 Å². The Balaban J connectivity index is 1.48. The summed E-state index contributed by atoms with van der Waals surface area (Å²) in [6.45, 7) is 9.43. The molecule has 0 aliphatic carbocycles. The van der Waals surface area contributed by atoms with Crippen LogP contribution >= 0.6 is 11.8 Å². The molecule has 0 saturated carbocycles. The fraction of sp³-hybridized carbons (Fsp3) is 0.385. The van der Waals surface area contributed by atoms with Crippen LogP contribution in [0.4, 0.5) is 0 Å². The van der Waals surface area contributed by atoms with Crippen molar-refractivity contribution in [3.05, 3.63) is 71.0 Å². The maximum absolute atomic E-state index is 12.4. The van der Waals surface area contributed by atoms with E-state index in [9.17, 15) is 9.59 Å². The van der Waals surface area contributed by atoms with E-state index in [2.05, 4.69) is 34.7 Å². The Kier molecular flexibility index (Phi) is 9.72. The third kappa shape index (κ3) is 7.85. The number of ether oxygens (including phenoxy) is 1. The average molecular weight is 496 g/mol. The lowest BCUT2D eigenvalue weighted by Gasteiger charge is -2.15. The van der Waals surface area contributed by atoms with E-state index in [0.29, 0.717) is 30.0 Å². The van der Waals surface area contributed by atoms with Crippen molar-refractivity contribution in [1.82, 2.24) is 25.4 Å². The van der Waals surface area contributed by atoms with Crippen molar-refractivity contribution < 1.29 is 14.3 Å². The van der Waals surface area contributed by atoms with Gasteiger partial charge in [0.25, 0.3) is 5.91 Å². The topological polar surface area (TPSA) is 98.1 Å². The van der Waals surface area contributed by atoms with Crippen LogP contribution in [0.15, 0.2) is 53.7 Å². The van der Waals surface area contributed by atoms with Gasteiger partial charge in [0.05, 0.1) is 12.3 Å². The molecule has 0 aliphatic heterocycles. The summed E-state index contributed by atoms with van der Waals surface area (Å²) in [6, 6.07) is 15.8. The summed E-state index contributed by atoms with van der Waals surface area (Å²) in [4.78, 5) is 24.6. The summed E-state index contributed by atoms with van der Waals surface area (Å²) in [5, 5.41) is 14.8. The predicted octanol–water partition coefficient (Wildman–Crippen LogP) is 3.83. The minimum Gasteiger partial charge on any atom is -0.483 e. The van der Waals surface area contributed by atoms with E-state index in [0.717, 1.165) is 22.4 Å². The third-order valence-electron chi connectivity index (χ3n) is 5.37. The highest BCUT2D eigenvalue weighted by Crippen LogP contribution is 2.27. The van der Waals surface area contributed by atoms with Gasteiger partial charge in [-0.15, -0.1) is 10.2 Å². The Hall–Kier alpha value is -3.33. The van der Waals surface area contributed by atoms with Crippen molar-refractivity contribution in [2.24, 2.45) is 0 Å². The second-order valence-electron chi connectivity index (χ2n) is 8.46. The van der Waals surface area contributed by atoms with Crippen LogP contribution in [0, 0.1) is 6.92 Å². The Morgan fingerprint density at radius 1 is 1.03 bits per heavy atom. The molecule has 2 N–H and O–H groups in total. The number of aryl methyl sites for hydroxylation is 1.